The molecule has 0 fully saturated rings. The summed E-state index contributed by atoms with van der Waals surface area (Å²) in [4.78, 5) is 43.1. The Labute approximate surface area is 222 Å². The van der Waals surface area contributed by atoms with Gasteiger partial charge in [-0.2, -0.15) is 0 Å². The van der Waals surface area contributed by atoms with Crippen molar-refractivity contribution < 1.29 is 23.9 Å². The quantitative estimate of drug-likeness (QED) is 0.144. The maximum absolute atomic E-state index is 13.2. The summed E-state index contributed by atoms with van der Waals surface area (Å²) in [5, 5.41) is 0. The molecule has 3 aromatic rings. The van der Waals surface area contributed by atoms with E-state index in [2.05, 4.69) is 10.7 Å². The first-order chi connectivity index (χ1) is 18.4. The lowest BCUT2D eigenvalue weighted by Crippen LogP contribution is -2.37. The lowest BCUT2D eigenvalue weighted by Gasteiger charge is -2.22. The molecule has 0 atom stereocenters. The zero-order valence-electron chi connectivity index (χ0n) is 21.7. The Hall–Kier alpha value is -4.76. The molecular formula is C29H32N4O5. The largest absolute Gasteiger partial charge is 0.465 e. The van der Waals surface area contributed by atoms with Crippen molar-refractivity contribution in [3.63, 3.8) is 0 Å². The van der Waals surface area contributed by atoms with Crippen LogP contribution in [-0.4, -0.2) is 44.4 Å². The number of amides is 1. The van der Waals surface area contributed by atoms with Crippen molar-refractivity contribution in [3.8, 4) is 5.75 Å². The van der Waals surface area contributed by atoms with E-state index in [0.717, 1.165) is 0 Å². The van der Waals surface area contributed by atoms with Gasteiger partial charge in [-0.05, 0) is 81.1 Å². The first-order valence-corrected chi connectivity index (χ1v) is 11.9. The molecule has 9 heteroatoms. The number of hydrogen-bond acceptors (Lipinski definition) is 7. The van der Waals surface area contributed by atoms with Crippen molar-refractivity contribution in [1.82, 2.24) is 0 Å². The number of carbonyl (C=O) groups is 3. The standard InChI is InChI=1S/C28H27N3O5.CH5N/c1-3-35-26(32)18-31(24-7-5-4-6-8-24)27(33)20(2)17-21-9-11-22(12-10-21)28(34)36-25-15-13-23(14-16-25)30-19-29;1-2/h4-17,19H,3,18H2,1-2H3,(H2,29,30);2H2,1H3/b20-17+;. The van der Waals surface area contributed by atoms with Crippen LogP contribution in [0.1, 0.15) is 29.8 Å². The Balaban J connectivity index is 0.00000247. The number of para-hydroxylation sites is 1. The first kappa shape index (κ1) is 29.5. The predicted octanol–water partition coefficient (Wildman–Crippen LogP) is 4.10. The molecule has 38 heavy (non-hydrogen) atoms. The molecule has 0 heterocycles. The minimum absolute atomic E-state index is 0.202. The molecule has 0 aromatic heterocycles. The normalized spacial score (nSPS) is 10.8. The van der Waals surface area contributed by atoms with E-state index in [9.17, 15) is 14.4 Å². The zero-order chi connectivity index (χ0) is 27.9. The third-order valence-corrected chi connectivity index (χ3v) is 5.04. The summed E-state index contributed by atoms with van der Waals surface area (Å²) in [6.45, 7) is 3.41. The van der Waals surface area contributed by atoms with Gasteiger partial charge in [-0.15, -0.1) is 0 Å². The number of nitrogens with zero attached hydrogens (tertiary/aromatic N) is 2. The molecule has 0 aliphatic rings. The molecule has 0 aliphatic heterocycles. The Morgan fingerprint density at radius 2 is 1.55 bits per heavy atom. The van der Waals surface area contributed by atoms with Crippen LogP contribution in [0.4, 0.5) is 11.4 Å². The van der Waals surface area contributed by atoms with E-state index < -0.39 is 11.9 Å². The van der Waals surface area contributed by atoms with Gasteiger partial charge in [0.1, 0.15) is 12.3 Å². The third-order valence-electron chi connectivity index (χ3n) is 5.04. The molecule has 0 unspecified atom stereocenters. The fraction of sp³-hybridized carbons (Fsp3) is 0.172. The predicted molar refractivity (Wildman–Crippen MR) is 149 cm³/mol. The van der Waals surface area contributed by atoms with Crippen LogP contribution in [-0.2, 0) is 14.3 Å². The van der Waals surface area contributed by atoms with Crippen LogP contribution in [0, 0.1) is 0 Å². The highest BCUT2D eigenvalue weighted by Crippen LogP contribution is 2.20. The number of hydrogen-bond donors (Lipinski definition) is 2. The second kappa shape index (κ2) is 15.4. The monoisotopic (exact) mass is 516 g/mol. The summed E-state index contributed by atoms with van der Waals surface area (Å²) in [5.74, 6) is -0.964. The highest BCUT2D eigenvalue weighted by atomic mass is 16.5. The molecule has 0 radical (unpaired) electrons. The van der Waals surface area contributed by atoms with E-state index in [4.69, 9.17) is 15.2 Å². The van der Waals surface area contributed by atoms with Crippen molar-refractivity contribution >= 4 is 41.6 Å². The average Bonchev–Trinajstić information content (AvgIpc) is 2.94. The van der Waals surface area contributed by atoms with Crippen LogP contribution in [0.15, 0.2) is 89.4 Å². The van der Waals surface area contributed by atoms with Crippen molar-refractivity contribution in [1.29, 1.82) is 0 Å². The maximum Gasteiger partial charge on any atom is 0.343 e. The van der Waals surface area contributed by atoms with E-state index in [1.807, 2.05) is 6.07 Å². The van der Waals surface area contributed by atoms with Crippen LogP contribution < -0.4 is 21.1 Å². The van der Waals surface area contributed by atoms with E-state index in [1.165, 1.54) is 18.3 Å². The van der Waals surface area contributed by atoms with Crippen LogP contribution in [0.2, 0.25) is 0 Å². The number of ether oxygens (including phenoxy) is 2. The summed E-state index contributed by atoms with van der Waals surface area (Å²) >= 11 is 0. The average molecular weight is 517 g/mol. The Bertz CT molecular complexity index is 1250. The smallest absolute Gasteiger partial charge is 0.343 e. The fourth-order valence-corrected chi connectivity index (χ4v) is 3.32. The summed E-state index contributed by atoms with van der Waals surface area (Å²) in [6.07, 6.45) is 2.88. The van der Waals surface area contributed by atoms with Gasteiger partial charge in [0, 0.05) is 11.3 Å². The summed E-state index contributed by atoms with van der Waals surface area (Å²) in [7, 11) is 1.50. The van der Waals surface area contributed by atoms with Crippen LogP contribution in [0.5, 0.6) is 5.75 Å². The van der Waals surface area contributed by atoms with Gasteiger partial charge >= 0.3 is 11.9 Å². The first-order valence-electron chi connectivity index (χ1n) is 11.9. The van der Waals surface area contributed by atoms with Crippen molar-refractivity contribution in [2.75, 3.05) is 25.1 Å². The van der Waals surface area contributed by atoms with Crippen LogP contribution >= 0.6 is 0 Å². The van der Waals surface area contributed by atoms with Crippen LogP contribution in [0.25, 0.3) is 6.08 Å². The van der Waals surface area contributed by atoms with Gasteiger partial charge in [-0.25, -0.2) is 9.79 Å². The molecule has 1 amide bonds. The minimum atomic E-state index is -0.516. The van der Waals surface area contributed by atoms with Gasteiger partial charge in [0.2, 0.25) is 0 Å². The Morgan fingerprint density at radius 3 is 2.13 bits per heavy atom. The van der Waals surface area contributed by atoms with Gasteiger partial charge in [-0.3, -0.25) is 14.5 Å². The van der Waals surface area contributed by atoms with E-state index >= 15 is 0 Å². The van der Waals surface area contributed by atoms with Gasteiger partial charge in [0.25, 0.3) is 5.91 Å². The molecule has 4 N–H and O–H groups in total. The molecule has 0 aliphatic carbocycles. The summed E-state index contributed by atoms with van der Waals surface area (Å²) < 4.78 is 10.4. The second-order valence-corrected chi connectivity index (χ2v) is 7.64. The van der Waals surface area contributed by atoms with Gasteiger partial charge < -0.3 is 20.9 Å². The van der Waals surface area contributed by atoms with Gasteiger partial charge in [0.15, 0.2) is 0 Å². The van der Waals surface area contributed by atoms with E-state index in [1.54, 1.807) is 92.7 Å². The van der Waals surface area contributed by atoms with E-state index in [0.29, 0.717) is 33.8 Å². The summed E-state index contributed by atoms with van der Waals surface area (Å²) in [6, 6.07) is 22.2. The number of rotatable bonds is 9. The lowest BCUT2D eigenvalue weighted by molar-refractivity contribution is -0.142. The molecule has 9 nitrogen and oxygen atoms in total. The Morgan fingerprint density at radius 1 is 0.921 bits per heavy atom. The number of aliphatic imine (C=N–C) groups is 1. The SMILES string of the molecule is CCOC(=O)CN(C(=O)/C(C)=C/c1ccc(C(=O)Oc2ccc(N=CN)cc2)cc1)c1ccccc1.CN. The molecule has 0 saturated carbocycles. The number of nitrogens with two attached hydrogens (primary N) is 2. The molecular weight excluding hydrogens is 484 g/mol. The molecule has 3 aromatic carbocycles. The molecule has 198 valence electrons. The molecule has 0 spiro atoms. The van der Waals surface area contributed by atoms with Gasteiger partial charge in [-0.1, -0.05) is 30.3 Å². The Kier molecular flexibility index (Phi) is 11.9. The molecule has 0 saturated heterocycles. The van der Waals surface area contributed by atoms with Crippen molar-refractivity contribution in [3.05, 3.63) is 95.6 Å². The number of anilines is 1. The van der Waals surface area contributed by atoms with Gasteiger partial charge in [0.05, 0.1) is 24.2 Å². The fourth-order valence-electron chi connectivity index (χ4n) is 3.32. The minimum Gasteiger partial charge on any atom is -0.465 e. The van der Waals surface area contributed by atoms with Crippen molar-refractivity contribution in [2.45, 2.75) is 13.8 Å². The summed E-state index contributed by atoms with van der Waals surface area (Å²) in [5.41, 5.74) is 12.5. The highest BCUT2D eigenvalue weighted by molar-refractivity contribution is 6.10. The number of benzene rings is 3. The molecule has 0 bridgehead atoms. The number of esters is 2. The highest BCUT2D eigenvalue weighted by Gasteiger charge is 2.21. The van der Waals surface area contributed by atoms with Crippen LogP contribution in [0.3, 0.4) is 0 Å². The molecule has 3 rings (SSSR count). The number of carbonyl (C=O) groups excluding carboxylic acids is 3. The van der Waals surface area contributed by atoms with E-state index in [-0.39, 0.29) is 19.1 Å². The maximum atomic E-state index is 13.2. The lowest BCUT2D eigenvalue weighted by atomic mass is 10.1. The zero-order valence-corrected chi connectivity index (χ0v) is 21.7. The van der Waals surface area contributed by atoms with Crippen molar-refractivity contribution in [2.24, 2.45) is 16.5 Å². The second-order valence-electron chi connectivity index (χ2n) is 7.64. The third kappa shape index (κ3) is 8.72. The topological polar surface area (TPSA) is 137 Å².